The molecule has 1 N–H and O–H groups in total. The summed E-state index contributed by atoms with van der Waals surface area (Å²) in [6, 6.07) is 13.8. The highest BCUT2D eigenvalue weighted by Gasteiger charge is 2.33. The molecule has 7 heteroatoms. The smallest absolute Gasteiger partial charge is 0.414 e. The van der Waals surface area contributed by atoms with Crippen molar-refractivity contribution in [3.8, 4) is 0 Å². The summed E-state index contributed by atoms with van der Waals surface area (Å²) in [5, 5.41) is 10.1. The van der Waals surface area contributed by atoms with Gasteiger partial charge in [-0.2, -0.15) is 0 Å². The quantitative estimate of drug-likeness (QED) is 0.545. The van der Waals surface area contributed by atoms with Crippen molar-refractivity contribution in [2.24, 2.45) is 0 Å². The SMILES string of the molecule is COC(=O)N1c2ccc3c(nc(C[C@@H](C(=O)O)c4ccccc4)n3C3CCCC3)c2CC[C@@H]1C. The van der Waals surface area contributed by atoms with Gasteiger partial charge in [0.05, 0.1) is 29.7 Å². The van der Waals surface area contributed by atoms with Crippen LogP contribution in [0.2, 0.25) is 0 Å². The Morgan fingerprint density at radius 3 is 2.53 bits per heavy atom. The first-order valence-corrected chi connectivity index (χ1v) is 12.2. The van der Waals surface area contributed by atoms with E-state index in [2.05, 4.69) is 10.6 Å². The Kier molecular flexibility index (Phi) is 6.02. The van der Waals surface area contributed by atoms with Gasteiger partial charge in [-0.15, -0.1) is 0 Å². The third kappa shape index (κ3) is 3.83. The van der Waals surface area contributed by atoms with Crippen LogP contribution in [0.1, 0.15) is 67.9 Å². The molecular formula is C27H31N3O4. The van der Waals surface area contributed by atoms with E-state index in [4.69, 9.17) is 9.72 Å². The van der Waals surface area contributed by atoms with E-state index in [1.165, 1.54) is 20.0 Å². The summed E-state index contributed by atoms with van der Waals surface area (Å²) < 4.78 is 7.36. The first kappa shape index (κ1) is 22.4. The Hall–Kier alpha value is -3.35. The number of hydrogen-bond acceptors (Lipinski definition) is 4. The Labute approximate surface area is 199 Å². The molecule has 1 aliphatic carbocycles. The van der Waals surface area contributed by atoms with Gasteiger partial charge in [0.25, 0.3) is 0 Å². The number of hydrogen-bond donors (Lipinski definition) is 1. The Morgan fingerprint density at radius 1 is 1.12 bits per heavy atom. The van der Waals surface area contributed by atoms with Gasteiger partial charge in [0.1, 0.15) is 5.82 Å². The van der Waals surface area contributed by atoms with Crippen LogP contribution in [0, 0.1) is 0 Å². The predicted octanol–water partition coefficient (Wildman–Crippen LogP) is 5.47. The maximum atomic E-state index is 12.5. The van der Waals surface area contributed by atoms with Gasteiger partial charge in [-0.1, -0.05) is 43.2 Å². The van der Waals surface area contributed by atoms with Crippen LogP contribution in [0.25, 0.3) is 11.0 Å². The van der Waals surface area contributed by atoms with Crippen LogP contribution in [-0.4, -0.2) is 39.9 Å². The van der Waals surface area contributed by atoms with Crippen molar-refractivity contribution < 1.29 is 19.4 Å². The number of amides is 1. The lowest BCUT2D eigenvalue weighted by Gasteiger charge is -2.34. The maximum absolute atomic E-state index is 12.5. The highest BCUT2D eigenvalue weighted by Crippen LogP contribution is 2.40. The van der Waals surface area contributed by atoms with E-state index in [1.807, 2.05) is 43.3 Å². The molecule has 2 heterocycles. The van der Waals surface area contributed by atoms with Gasteiger partial charge in [0.2, 0.25) is 0 Å². The Balaban J connectivity index is 1.65. The number of carboxylic acids is 1. The van der Waals surface area contributed by atoms with Crippen LogP contribution in [0.15, 0.2) is 42.5 Å². The number of carbonyl (C=O) groups excluding carboxylic acids is 1. The summed E-state index contributed by atoms with van der Waals surface area (Å²) in [7, 11) is 1.41. The monoisotopic (exact) mass is 461 g/mol. The van der Waals surface area contributed by atoms with Crippen LogP contribution in [0.3, 0.4) is 0 Å². The fourth-order valence-electron chi connectivity index (χ4n) is 5.75. The van der Waals surface area contributed by atoms with Gasteiger partial charge in [0, 0.05) is 24.1 Å². The van der Waals surface area contributed by atoms with Crippen LogP contribution < -0.4 is 4.90 Å². The van der Waals surface area contributed by atoms with Crippen molar-refractivity contribution in [3.05, 3.63) is 59.4 Å². The normalized spacial score (nSPS) is 19.2. The van der Waals surface area contributed by atoms with Gasteiger partial charge >= 0.3 is 12.1 Å². The maximum Gasteiger partial charge on any atom is 0.414 e. The zero-order valence-corrected chi connectivity index (χ0v) is 19.7. The fourth-order valence-corrected chi connectivity index (χ4v) is 5.75. The molecule has 0 unspecified atom stereocenters. The van der Waals surface area contributed by atoms with Gasteiger partial charge in [0.15, 0.2) is 0 Å². The van der Waals surface area contributed by atoms with Crippen LogP contribution in [0.5, 0.6) is 0 Å². The second-order valence-corrected chi connectivity index (χ2v) is 9.50. The second-order valence-electron chi connectivity index (χ2n) is 9.50. The second kappa shape index (κ2) is 9.12. The number of carbonyl (C=O) groups is 2. The number of nitrogens with zero attached hydrogens (tertiary/aromatic N) is 3. The molecule has 178 valence electrons. The minimum Gasteiger partial charge on any atom is -0.481 e. The lowest BCUT2D eigenvalue weighted by molar-refractivity contribution is -0.138. The van der Waals surface area contributed by atoms with Crippen molar-refractivity contribution in [1.29, 1.82) is 0 Å². The standard InChI is InChI=1S/C27H31N3O4/c1-17-12-13-20-22(29(17)27(33)34-2)14-15-23-25(20)28-24(30(23)19-10-6-7-11-19)16-21(26(31)32)18-8-4-3-5-9-18/h3-5,8-9,14-15,17,19,21H,6-7,10-13,16H2,1-2H3,(H,31,32)/t17-,21+/m0/s1. The topological polar surface area (TPSA) is 84.7 Å². The number of aliphatic carboxylic acids is 1. The van der Waals surface area contributed by atoms with Crippen molar-refractivity contribution in [2.45, 2.75) is 69.9 Å². The van der Waals surface area contributed by atoms with E-state index in [0.717, 1.165) is 59.4 Å². The zero-order valence-electron chi connectivity index (χ0n) is 19.7. The fraction of sp³-hybridized carbons (Fsp3) is 0.444. The summed E-state index contributed by atoms with van der Waals surface area (Å²) >= 11 is 0. The molecule has 2 aliphatic rings. The molecule has 0 bridgehead atoms. The highest BCUT2D eigenvalue weighted by molar-refractivity contribution is 5.95. The molecule has 1 fully saturated rings. The van der Waals surface area contributed by atoms with E-state index >= 15 is 0 Å². The molecule has 0 radical (unpaired) electrons. The number of anilines is 1. The molecule has 0 spiro atoms. The van der Waals surface area contributed by atoms with Crippen LogP contribution >= 0.6 is 0 Å². The summed E-state index contributed by atoms with van der Waals surface area (Å²) in [4.78, 5) is 31.6. The third-order valence-corrected chi connectivity index (χ3v) is 7.48. The highest BCUT2D eigenvalue weighted by atomic mass is 16.5. The van der Waals surface area contributed by atoms with Crippen molar-refractivity contribution in [3.63, 3.8) is 0 Å². The number of aromatic nitrogens is 2. The van der Waals surface area contributed by atoms with Crippen LogP contribution in [0.4, 0.5) is 10.5 Å². The molecule has 1 amide bonds. The third-order valence-electron chi connectivity index (χ3n) is 7.48. The summed E-state index contributed by atoms with van der Waals surface area (Å²) in [5.41, 5.74) is 4.60. The van der Waals surface area contributed by atoms with Crippen molar-refractivity contribution in [2.75, 3.05) is 12.0 Å². The molecule has 2 atom stereocenters. The van der Waals surface area contributed by atoms with Crippen LogP contribution in [-0.2, 0) is 22.4 Å². The predicted molar refractivity (Wildman–Crippen MR) is 130 cm³/mol. The number of methoxy groups -OCH3 is 1. The van der Waals surface area contributed by atoms with Gasteiger partial charge in [-0.05, 0) is 50.3 Å². The van der Waals surface area contributed by atoms with E-state index in [1.54, 1.807) is 4.90 Å². The Morgan fingerprint density at radius 2 is 1.85 bits per heavy atom. The lowest BCUT2D eigenvalue weighted by atomic mass is 9.95. The number of imidazole rings is 1. The Bertz CT molecular complexity index is 1210. The van der Waals surface area contributed by atoms with Gasteiger partial charge < -0.3 is 14.4 Å². The molecule has 2 aromatic carbocycles. The average Bonchev–Trinajstić information content (AvgIpc) is 3.49. The molecule has 1 aliphatic heterocycles. The minimum absolute atomic E-state index is 0.0447. The largest absolute Gasteiger partial charge is 0.481 e. The summed E-state index contributed by atoms with van der Waals surface area (Å²) in [6.07, 6.45) is 6.10. The van der Waals surface area contributed by atoms with E-state index in [-0.39, 0.29) is 12.1 Å². The number of fused-ring (bicyclic) bond motifs is 3. The zero-order chi connectivity index (χ0) is 23.8. The molecule has 1 aromatic heterocycles. The van der Waals surface area contributed by atoms with Crippen molar-refractivity contribution in [1.82, 2.24) is 9.55 Å². The lowest BCUT2D eigenvalue weighted by Crippen LogP contribution is -2.42. The molecule has 34 heavy (non-hydrogen) atoms. The van der Waals surface area contributed by atoms with Gasteiger partial charge in [-0.25, -0.2) is 9.78 Å². The molecular weight excluding hydrogens is 430 g/mol. The number of rotatable bonds is 5. The minimum atomic E-state index is -0.844. The first-order chi connectivity index (χ1) is 16.5. The average molecular weight is 462 g/mol. The van der Waals surface area contributed by atoms with Gasteiger partial charge in [-0.3, -0.25) is 9.69 Å². The summed E-state index contributed by atoms with van der Waals surface area (Å²) in [5.74, 6) is -0.695. The molecule has 3 aromatic rings. The molecule has 5 rings (SSSR count). The number of benzene rings is 2. The summed E-state index contributed by atoms with van der Waals surface area (Å²) in [6.45, 7) is 2.03. The van der Waals surface area contributed by atoms with E-state index in [9.17, 15) is 14.7 Å². The number of aryl methyl sites for hydroxylation is 1. The van der Waals surface area contributed by atoms with E-state index in [0.29, 0.717) is 12.5 Å². The number of carboxylic acid groups (broad SMARTS) is 1. The molecule has 0 saturated heterocycles. The number of ether oxygens (including phenoxy) is 1. The van der Waals surface area contributed by atoms with E-state index < -0.39 is 11.9 Å². The first-order valence-electron chi connectivity index (χ1n) is 12.2. The molecule has 1 saturated carbocycles. The molecule has 7 nitrogen and oxygen atoms in total. The van der Waals surface area contributed by atoms with Crippen molar-refractivity contribution >= 4 is 28.8 Å².